The van der Waals surface area contributed by atoms with Gasteiger partial charge in [-0.3, -0.25) is 9.59 Å². The molecule has 0 amide bonds. The molecule has 0 aromatic heterocycles. The Hall–Kier alpha value is -1.06. The van der Waals surface area contributed by atoms with Gasteiger partial charge in [-0.05, 0) is 12.3 Å². The fraction of sp³-hybridized carbons (Fsp3) is 0.800. The molecule has 1 atom stereocenters. The Morgan fingerprint density at radius 1 is 1.14 bits per heavy atom. The number of carboxylic acid groups (broad SMARTS) is 2. The van der Waals surface area contributed by atoms with Crippen molar-refractivity contribution in [2.45, 2.75) is 40.5 Å². The van der Waals surface area contributed by atoms with Gasteiger partial charge in [0.2, 0.25) is 0 Å². The molecule has 0 aliphatic carbocycles. The summed E-state index contributed by atoms with van der Waals surface area (Å²) in [5, 5.41) is 16.3. The molecule has 0 spiro atoms. The summed E-state index contributed by atoms with van der Waals surface area (Å²) in [4.78, 5) is 19.7. The number of carboxylic acids is 2. The lowest BCUT2D eigenvalue weighted by Crippen LogP contribution is -2.06. The minimum Gasteiger partial charge on any atom is -0.481 e. The fourth-order valence-electron chi connectivity index (χ4n) is 0.524. The van der Waals surface area contributed by atoms with E-state index in [1.165, 1.54) is 0 Å². The molecule has 0 saturated heterocycles. The highest BCUT2D eigenvalue weighted by atomic mass is 16.4. The van der Waals surface area contributed by atoms with Crippen LogP contribution in [0.2, 0.25) is 0 Å². The van der Waals surface area contributed by atoms with Crippen LogP contribution in [-0.4, -0.2) is 22.2 Å². The average molecular weight is 204 g/mol. The minimum absolute atomic E-state index is 0.181. The second kappa shape index (κ2) is 8.53. The van der Waals surface area contributed by atoms with Crippen molar-refractivity contribution in [3.05, 3.63) is 0 Å². The van der Waals surface area contributed by atoms with E-state index < -0.39 is 11.9 Å². The Balaban J connectivity index is 0. The second-order valence-electron chi connectivity index (χ2n) is 3.64. The molecule has 0 aliphatic rings. The standard InChI is InChI=1S/2C5H10O2/c1-4(2)3-5(6)7;1-3-4(2)5(6)7/h2*4H,3H2,1-2H3,(H,6,7). The molecule has 4 heteroatoms. The van der Waals surface area contributed by atoms with Gasteiger partial charge in [0.05, 0.1) is 5.92 Å². The van der Waals surface area contributed by atoms with Crippen LogP contribution in [0.5, 0.6) is 0 Å². The molecule has 1 unspecified atom stereocenters. The molecule has 4 nitrogen and oxygen atoms in total. The van der Waals surface area contributed by atoms with Crippen molar-refractivity contribution in [3.63, 3.8) is 0 Å². The van der Waals surface area contributed by atoms with E-state index >= 15 is 0 Å². The molecule has 0 radical (unpaired) electrons. The first kappa shape index (κ1) is 15.4. The first-order valence-corrected chi connectivity index (χ1v) is 4.75. The third-order valence-electron chi connectivity index (χ3n) is 1.62. The van der Waals surface area contributed by atoms with E-state index in [4.69, 9.17) is 10.2 Å². The van der Waals surface area contributed by atoms with Crippen LogP contribution in [0.25, 0.3) is 0 Å². The van der Waals surface area contributed by atoms with Crippen molar-refractivity contribution in [3.8, 4) is 0 Å². The molecular formula is C10H20O4. The normalized spacial score (nSPS) is 11.5. The third kappa shape index (κ3) is 13.5. The molecule has 0 aromatic carbocycles. The van der Waals surface area contributed by atoms with Crippen molar-refractivity contribution in [1.29, 1.82) is 0 Å². The fourth-order valence-corrected chi connectivity index (χ4v) is 0.524. The lowest BCUT2D eigenvalue weighted by Gasteiger charge is -1.96. The first-order chi connectivity index (χ1) is 6.31. The zero-order valence-electron chi connectivity index (χ0n) is 9.28. The largest absolute Gasteiger partial charge is 0.481 e. The Morgan fingerprint density at radius 3 is 1.57 bits per heavy atom. The van der Waals surface area contributed by atoms with E-state index in [2.05, 4.69) is 0 Å². The summed E-state index contributed by atoms with van der Waals surface area (Å²) < 4.78 is 0. The molecule has 2 N–H and O–H groups in total. The lowest BCUT2D eigenvalue weighted by molar-refractivity contribution is -0.141. The summed E-state index contributed by atoms with van der Waals surface area (Å²) in [6.45, 7) is 7.32. The number of hydrogen-bond donors (Lipinski definition) is 2. The van der Waals surface area contributed by atoms with Crippen molar-refractivity contribution in [2.75, 3.05) is 0 Å². The van der Waals surface area contributed by atoms with Gasteiger partial charge in [0.1, 0.15) is 0 Å². The first-order valence-electron chi connectivity index (χ1n) is 4.75. The van der Waals surface area contributed by atoms with E-state index in [0.29, 0.717) is 0 Å². The van der Waals surface area contributed by atoms with Crippen LogP contribution >= 0.6 is 0 Å². The summed E-state index contributed by atoms with van der Waals surface area (Å²) in [6, 6.07) is 0. The minimum atomic E-state index is -0.713. The Labute approximate surface area is 84.9 Å². The molecule has 0 saturated carbocycles. The third-order valence-corrected chi connectivity index (χ3v) is 1.62. The Morgan fingerprint density at radius 2 is 1.57 bits per heavy atom. The van der Waals surface area contributed by atoms with Crippen molar-refractivity contribution < 1.29 is 19.8 Å². The number of carbonyl (C=O) groups is 2. The summed E-state index contributed by atoms with van der Waals surface area (Å²) >= 11 is 0. The molecule has 0 rings (SSSR count). The van der Waals surface area contributed by atoms with Gasteiger partial charge < -0.3 is 10.2 Å². The maximum atomic E-state index is 9.93. The Kier molecular flexibility index (Phi) is 9.40. The summed E-state index contributed by atoms with van der Waals surface area (Å²) in [5.74, 6) is -1.32. The van der Waals surface area contributed by atoms with E-state index in [9.17, 15) is 9.59 Å². The molecule has 14 heavy (non-hydrogen) atoms. The molecule has 0 aliphatic heterocycles. The molecule has 0 heterocycles. The highest BCUT2D eigenvalue weighted by Crippen LogP contribution is 1.97. The van der Waals surface area contributed by atoms with Gasteiger partial charge in [0.15, 0.2) is 0 Å². The van der Waals surface area contributed by atoms with Crippen molar-refractivity contribution in [1.82, 2.24) is 0 Å². The smallest absolute Gasteiger partial charge is 0.306 e. The summed E-state index contributed by atoms with van der Waals surface area (Å²) in [5.41, 5.74) is 0. The maximum Gasteiger partial charge on any atom is 0.306 e. The topological polar surface area (TPSA) is 74.6 Å². The number of rotatable bonds is 4. The van der Waals surface area contributed by atoms with E-state index in [1.54, 1.807) is 6.92 Å². The van der Waals surface area contributed by atoms with Crippen LogP contribution in [0.1, 0.15) is 40.5 Å². The van der Waals surface area contributed by atoms with Gasteiger partial charge in [-0.25, -0.2) is 0 Å². The lowest BCUT2D eigenvalue weighted by atomic mass is 10.1. The van der Waals surface area contributed by atoms with Crippen LogP contribution in [0, 0.1) is 11.8 Å². The van der Waals surface area contributed by atoms with Gasteiger partial charge in [-0.1, -0.05) is 27.7 Å². The summed E-state index contributed by atoms with van der Waals surface area (Å²) in [6.07, 6.45) is 0.995. The Bertz CT molecular complexity index is 175. The van der Waals surface area contributed by atoms with Crippen molar-refractivity contribution in [2.24, 2.45) is 11.8 Å². The van der Waals surface area contributed by atoms with Gasteiger partial charge in [-0.2, -0.15) is 0 Å². The molecule has 0 fully saturated rings. The van der Waals surface area contributed by atoms with E-state index in [0.717, 1.165) is 6.42 Å². The molecule has 84 valence electrons. The van der Waals surface area contributed by atoms with E-state index in [-0.39, 0.29) is 18.3 Å². The highest BCUT2D eigenvalue weighted by molar-refractivity contribution is 5.69. The predicted octanol–water partition coefficient (Wildman–Crippen LogP) is 2.23. The van der Waals surface area contributed by atoms with Gasteiger partial charge in [-0.15, -0.1) is 0 Å². The van der Waals surface area contributed by atoms with Crippen LogP contribution in [0.3, 0.4) is 0 Å². The number of hydrogen-bond acceptors (Lipinski definition) is 2. The van der Waals surface area contributed by atoms with E-state index in [1.807, 2.05) is 20.8 Å². The monoisotopic (exact) mass is 204 g/mol. The van der Waals surface area contributed by atoms with Crippen LogP contribution < -0.4 is 0 Å². The zero-order chi connectivity index (χ0) is 11.7. The quantitative estimate of drug-likeness (QED) is 0.736. The number of aliphatic carboxylic acids is 2. The average Bonchev–Trinajstić information content (AvgIpc) is 2.01. The summed E-state index contributed by atoms with van der Waals surface area (Å²) in [7, 11) is 0. The van der Waals surface area contributed by atoms with Gasteiger partial charge in [0, 0.05) is 6.42 Å². The highest BCUT2D eigenvalue weighted by Gasteiger charge is 2.05. The van der Waals surface area contributed by atoms with Crippen LogP contribution in [0.15, 0.2) is 0 Å². The predicted molar refractivity (Wildman–Crippen MR) is 54.2 cm³/mol. The van der Waals surface area contributed by atoms with Crippen LogP contribution in [-0.2, 0) is 9.59 Å². The molecule has 0 bridgehead atoms. The zero-order valence-corrected chi connectivity index (χ0v) is 9.28. The maximum absolute atomic E-state index is 9.93. The van der Waals surface area contributed by atoms with Gasteiger partial charge in [0.25, 0.3) is 0 Å². The molecule has 0 aromatic rings. The molecular weight excluding hydrogens is 184 g/mol. The van der Waals surface area contributed by atoms with Crippen molar-refractivity contribution >= 4 is 11.9 Å². The second-order valence-corrected chi connectivity index (χ2v) is 3.64. The SMILES string of the molecule is CC(C)CC(=O)O.CCC(C)C(=O)O. The van der Waals surface area contributed by atoms with Crippen LogP contribution in [0.4, 0.5) is 0 Å². The van der Waals surface area contributed by atoms with Gasteiger partial charge >= 0.3 is 11.9 Å².